The van der Waals surface area contributed by atoms with Crippen molar-refractivity contribution < 1.29 is 24.2 Å². The fraction of sp³-hybridized carbons (Fsp3) is 0.857. The van der Waals surface area contributed by atoms with Gasteiger partial charge in [-0.2, -0.15) is 0 Å². The topological polar surface area (TPSA) is 76.1 Å². The minimum atomic E-state index is -0.892. The van der Waals surface area contributed by atoms with Crippen LogP contribution in [-0.4, -0.2) is 34.9 Å². The van der Waals surface area contributed by atoms with E-state index < -0.39 is 17.8 Å². The van der Waals surface area contributed by atoms with E-state index in [1.54, 1.807) is 0 Å². The second kappa shape index (κ2) is 3.14. The van der Waals surface area contributed by atoms with Gasteiger partial charge in [0.1, 0.15) is 11.7 Å². The van der Waals surface area contributed by atoms with Crippen molar-refractivity contribution in [3.8, 4) is 0 Å². The Bertz CT molecular complexity index is 484. The van der Waals surface area contributed by atoms with Crippen molar-refractivity contribution in [3.05, 3.63) is 0 Å². The third kappa shape index (κ3) is 1.34. The summed E-state index contributed by atoms with van der Waals surface area (Å²) < 4.78 is 11.4. The van der Waals surface area contributed by atoms with Crippen LogP contribution >= 0.6 is 0 Å². The van der Waals surface area contributed by atoms with Crippen molar-refractivity contribution in [2.45, 2.75) is 50.9 Å². The van der Waals surface area contributed by atoms with E-state index in [4.69, 9.17) is 9.47 Å². The normalized spacial score (nSPS) is 52.9. The number of esters is 1. The van der Waals surface area contributed by atoms with Crippen molar-refractivity contribution in [3.63, 3.8) is 0 Å². The van der Waals surface area contributed by atoms with Crippen LogP contribution in [0.5, 0.6) is 0 Å². The molecule has 0 bridgehead atoms. The summed E-state index contributed by atoms with van der Waals surface area (Å²) in [5.74, 6) is -2.40. The second-order valence-corrected chi connectivity index (χ2v) is 7.31. The molecule has 0 aromatic carbocycles. The lowest BCUT2D eigenvalue weighted by Crippen LogP contribution is -2.52. The van der Waals surface area contributed by atoms with Crippen LogP contribution in [-0.2, 0) is 19.1 Å². The van der Waals surface area contributed by atoms with Gasteiger partial charge in [-0.1, -0.05) is 13.8 Å². The molecule has 2 aliphatic heterocycles. The number of carbonyl (C=O) groups excluding carboxylic acids is 1. The lowest BCUT2D eigenvalue weighted by molar-refractivity contribution is -0.153. The molecular weight excluding hydrogens is 248 g/mol. The first-order valence-electron chi connectivity index (χ1n) is 6.95. The maximum Gasteiger partial charge on any atom is 0.310 e. The van der Waals surface area contributed by atoms with E-state index in [2.05, 4.69) is 13.8 Å². The highest BCUT2D eigenvalue weighted by atomic mass is 16.6. The van der Waals surface area contributed by atoms with E-state index in [-0.39, 0.29) is 35.1 Å². The zero-order chi connectivity index (χ0) is 13.6. The predicted molar refractivity (Wildman–Crippen MR) is 63.2 cm³/mol. The highest BCUT2D eigenvalue weighted by molar-refractivity contribution is 5.84. The molecular formula is C14H18O5. The van der Waals surface area contributed by atoms with Gasteiger partial charge in [0.15, 0.2) is 0 Å². The maximum atomic E-state index is 12.1. The second-order valence-electron chi connectivity index (χ2n) is 7.31. The summed E-state index contributed by atoms with van der Waals surface area (Å²) in [7, 11) is 0. The molecule has 0 aromatic heterocycles. The lowest BCUT2D eigenvalue weighted by atomic mass is 9.56. The van der Waals surface area contributed by atoms with Gasteiger partial charge in [-0.25, -0.2) is 0 Å². The first-order chi connectivity index (χ1) is 8.84. The Morgan fingerprint density at radius 1 is 1.42 bits per heavy atom. The van der Waals surface area contributed by atoms with Crippen LogP contribution in [0.3, 0.4) is 0 Å². The Hall–Kier alpha value is -1.10. The fourth-order valence-electron chi connectivity index (χ4n) is 4.92. The molecule has 5 nitrogen and oxygen atoms in total. The van der Waals surface area contributed by atoms with Crippen LogP contribution in [0.2, 0.25) is 0 Å². The molecule has 0 amide bonds. The third-order valence-corrected chi connectivity index (χ3v) is 5.47. The van der Waals surface area contributed by atoms with E-state index in [0.29, 0.717) is 6.42 Å². The van der Waals surface area contributed by atoms with Gasteiger partial charge >= 0.3 is 11.9 Å². The number of epoxide rings is 1. The van der Waals surface area contributed by atoms with Crippen molar-refractivity contribution in [2.24, 2.45) is 23.2 Å². The molecule has 2 saturated carbocycles. The van der Waals surface area contributed by atoms with E-state index in [9.17, 15) is 14.7 Å². The van der Waals surface area contributed by atoms with Gasteiger partial charge < -0.3 is 14.6 Å². The molecule has 2 aliphatic carbocycles. The molecule has 4 rings (SSSR count). The van der Waals surface area contributed by atoms with Crippen molar-refractivity contribution in [1.29, 1.82) is 0 Å². The van der Waals surface area contributed by atoms with Gasteiger partial charge in [0.2, 0.25) is 0 Å². The van der Waals surface area contributed by atoms with E-state index in [0.717, 1.165) is 12.8 Å². The molecule has 4 fully saturated rings. The van der Waals surface area contributed by atoms with Gasteiger partial charge in [-0.05, 0) is 24.7 Å². The zero-order valence-electron chi connectivity index (χ0n) is 11.1. The number of carboxylic acids is 1. The molecule has 104 valence electrons. The van der Waals surface area contributed by atoms with Crippen LogP contribution in [0, 0.1) is 23.2 Å². The molecule has 19 heavy (non-hydrogen) atoms. The van der Waals surface area contributed by atoms with E-state index >= 15 is 0 Å². The number of aliphatic carboxylic acids is 1. The molecule has 2 heterocycles. The molecule has 0 unspecified atom stereocenters. The Kier molecular flexibility index (Phi) is 1.93. The van der Waals surface area contributed by atoms with Crippen LogP contribution < -0.4 is 0 Å². The number of rotatable bonds is 1. The number of hydrogen-bond acceptors (Lipinski definition) is 4. The molecule has 0 aromatic rings. The molecule has 1 spiro atoms. The Morgan fingerprint density at radius 2 is 2.16 bits per heavy atom. The minimum absolute atomic E-state index is 0.00595. The Labute approximate surface area is 111 Å². The average molecular weight is 266 g/mol. The highest BCUT2D eigenvalue weighted by Gasteiger charge is 2.76. The molecule has 6 atom stereocenters. The Balaban J connectivity index is 1.77. The predicted octanol–water partition coefficient (Wildman–Crippen LogP) is 1.21. The van der Waals surface area contributed by atoms with Crippen molar-refractivity contribution in [1.82, 2.24) is 0 Å². The smallest absolute Gasteiger partial charge is 0.310 e. The SMILES string of the molecule is CC1(C)C[C@@H]2OC(=O)[C@H]3[C@@H]2[C@]2(C1)O[C@@H]2C[C@H]3C(=O)O. The number of hydrogen-bond donors (Lipinski definition) is 1. The summed E-state index contributed by atoms with van der Waals surface area (Å²) in [5.41, 5.74) is -0.198. The van der Waals surface area contributed by atoms with Gasteiger partial charge in [-0.15, -0.1) is 0 Å². The van der Waals surface area contributed by atoms with Crippen LogP contribution in [0.1, 0.15) is 33.1 Å². The largest absolute Gasteiger partial charge is 0.481 e. The zero-order valence-corrected chi connectivity index (χ0v) is 11.1. The molecule has 4 aliphatic rings. The summed E-state index contributed by atoms with van der Waals surface area (Å²) in [6.45, 7) is 4.34. The maximum absolute atomic E-state index is 12.1. The standard InChI is InChI=1S/C14H18O5/c1-13(2)4-7-10-9(12(17)18-7)6(11(15)16)3-8-14(10,5-13)19-8/h6-10H,3-5H2,1-2H3,(H,15,16)/t6-,7+,8-,9-,10-,14-/m1/s1. The number of carboxylic acid groups (broad SMARTS) is 1. The first-order valence-corrected chi connectivity index (χ1v) is 6.95. The Morgan fingerprint density at radius 3 is 2.84 bits per heavy atom. The fourth-order valence-corrected chi connectivity index (χ4v) is 4.92. The number of carbonyl (C=O) groups is 2. The van der Waals surface area contributed by atoms with Gasteiger partial charge in [0.25, 0.3) is 0 Å². The van der Waals surface area contributed by atoms with Gasteiger partial charge in [0.05, 0.1) is 17.9 Å². The minimum Gasteiger partial charge on any atom is -0.481 e. The quantitative estimate of drug-likeness (QED) is 0.570. The van der Waals surface area contributed by atoms with Crippen LogP contribution in [0.4, 0.5) is 0 Å². The van der Waals surface area contributed by atoms with Crippen molar-refractivity contribution in [2.75, 3.05) is 0 Å². The first kappa shape index (κ1) is 11.7. The molecule has 1 N–H and O–H groups in total. The lowest BCUT2D eigenvalue weighted by Gasteiger charge is -2.44. The average Bonchev–Trinajstić information content (AvgIpc) is 2.85. The summed E-state index contributed by atoms with van der Waals surface area (Å²) in [6, 6.07) is 0. The molecule has 2 saturated heterocycles. The monoisotopic (exact) mass is 266 g/mol. The van der Waals surface area contributed by atoms with E-state index in [1.165, 1.54) is 0 Å². The summed E-state index contributed by atoms with van der Waals surface area (Å²) >= 11 is 0. The third-order valence-electron chi connectivity index (χ3n) is 5.47. The summed E-state index contributed by atoms with van der Waals surface area (Å²) in [4.78, 5) is 23.5. The van der Waals surface area contributed by atoms with Crippen LogP contribution in [0.25, 0.3) is 0 Å². The summed E-state index contributed by atoms with van der Waals surface area (Å²) in [5, 5.41) is 9.34. The van der Waals surface area contributed by atoms with Crippen LogP contribution in [0.15, 0.2) is 0 Å². The molecule has 5 heteroatoms. The number of ether oxygens (including phenoxy) is 2. The molecule has 0 radical (unpaired) electrons. The van der Waals surface area contributed by atoms with Gasteiger partial charge in [-0.3, -0.25) is 9.59 Å². The summed E-state index contributed by atoms with van der Waals surface area (Å²) in [6.07, 6.45) is 2.02. The van der Waals surface area contributed by atoms with Gasteiger partial charge in [0, 0.05) is 5.92 Å². The van der Waals surface area contributed by atoms with E-state index in [1.807, 2.05) is 0 Å². The van der Waals surface area contributed by atoms with Crippen molar-refractivity contribution >= 4 is 11.9 Å². The highest BCUT2D eigenvalue weighted by Crippen LogP contribution is 2.67.